The molecule has 0 saturated heterocycles. The lowest BCUT2D eigenvalue weighted by Crippen LogP contribution is -2.40. The molecule has 1 rings (SSSR count). The number of nitrogens with zero attached hydrogens (tertiary/aromatic N) is 1. The van der Waals surface area contributed by atoms with Crippen molar-refractivity contribution in [3.8, 4) is 0 Å². The molecule has 122 valence electrons. The molecule has 0 aliphatic rings. The van der Waals surface area contributed by atoms with Crippen LogP contribution in [0.25, 0.3) is 0 Å². The summed E-state index contributed by atoms with van der Waals surface area (Å²) in [5, 5.41) is 8.90. The van der Waals surface area contributed by atoms with Crippen molar-refractivity contribution in [1.29, 1.82) is 0 Å². The number of carboxylic acid groups (broad SMARTS) is 1. The van der Waals surface area contributed by atoms with Crippen molar-refractivity contribution in [2.75, 3.05) is 17.5 Å². The zero-order valence-corrected chi connectivity index (χ0v) is 13.6. The number of likely N-dealkylation sites (N-methyl/N-ethyl adjacent to an activating group) is 1. The molecule has 1 aromatic carbocycles. The zero-order chi connectivity index (χ0) is 16.9. The van der Waals surface area contributed by atoms with Gasteiger partial charge >= 0.3 is 5.97 Å². The third-order valence-electron chi connectivity index (χ3n) is 3.14. The molecular formula is C14H20N2O5S. The molecule has 22 heavy (non-hydrogen) atoms. The molecule has 1 aromatic rings. The largest absolute Gasteiger partial charge is 0.480 e. The first-order valence-corrected chi connectivity index (χ1v) is 8.43. The molecule has 0 bridgehead atoms. The Hall–Kier alpha value is -2.09. The molecule has 0 radical (unpaired) electrons. The Balaban J connectivity index is 2.85. The summed E-state index contributed by atoms with van der Waals surface area (Å²) in [6.07, 6.45) is 0.504. The van der Waals surface area contributed by atoms with Crippen LogP contribution >= 0.6 is 0 Å². The number of anilines is 1. The van der Waals surface area contributed by atoms with Crippen molar-refractivity contribution in [1.82, 2.24) is 4.90 Å². The third kappa shape index (κ3) is 4.73. The normalized spacial score (nSPS) is 12.5. The fourth-order valence-corrected chi connectivity index (χ4v) is 2.86. The summed E-state index contributed by atoms with van der Waals surface area (Å²) in [6, 6.07) is 4.91. The van der Waals surface area contributed by atoms with E-state index in [1.54, 1.807) is 6.92 Å². The number of aliphatic carboxylic acids is 1. The van der Waals surface area contributed by atoms with Crippen molar-refractivity contribution < 1.29 is 23.1 Å². The summed E-state index contributed by atoms with van der Waals surface area (Å²) in [4.78, 5) is 24.1. The number of carboxylic acids is 1. The lowest BCUT2D eigenvalue weighted by Gasteiger charge is -2.21. The van der Waals surface area contributed by atoms with E-state index in [9.17, 15) is 18.0 Å². The molecule has 1 unspecified atom stereocenters. The van der Waals surface area contributed by atoms with E-state index in [4.69, 9.17) is 5.11 Å². The molecule has 0 fully saturated rings. The van der Waals surface area contributed by atoms with Crippen LogP contribution in [0.5, 0.6) is 0 Å². The molecule has 0 spiro atoms. The second kappa shape index (κ2) is 7.26. The maximum Gasteiger partial charge on any atom is 0.326 e. The van der Waals surface area contributed by atoms with Crippen LogP contribution in [0.3, 0.4) is 0 Å². The van der Waals surface area contributed by atoms with Gasteiger partial charge in [-0.2, -0.15) is 0 Å². The van der Waals surface area contributed by atoms with Crippen molar-refractivity contribution in [2.24, 2.45) is 0 Å². The van der Waals surface area contributed by atoms with Crippen molar-refractivity contribution >= 4 is 27.6 Å². The molecule has 8 heteroatoms. The number of amides is 1. The van der Waals surface area contributed by atoms with E-state index in [2.05, 4.69) is 4.72 Å². The van der Waals surface area contributed by atoms with E-state index in [1.165, 1.54) is 38.2 Å². The third-order valence-corrected chi connectivity index (χ3v) is 4.63. The van der Waals surface area contributed by atoms with Gasteiger partial charge in [-0.1, -0.05) is 6.92 Å². The maximum absolute atomic E-state index is 12.1. The summed E-state index contributed by atoms with van der Waals surface area (Å²) >= 11 is 0. The smallest absolute Gasteiger partial charge is 0.326 e. The van der Waals surface area contributed by atoms with Crippen LogP contribution in [0.15, 0.2) is 24.3 Å². The quantitative estimate of drug-likeness (QED) is 0.787. The summed E-state index contributed by atoms with van der Waals surface area (Å²) in [5.41, 5.74) is 0.646. The second-order valence-corrected chi connectivity index (χ2v) is 6.77. The minimum Gasteiger partial charge on any atom is -0.480 e. The number of carbonyl (C=O) groups excluding carboxylic acids is 1. The summed E-state index contributed by atoms with van der Waals surface area (Å²) in [5.74, 6) is -1.52. The predicted molar refractivity (Wildman–Crippen MR) is 83.3 cm³/mol. The van der Waals surface area contributed by atoms with Gasteiger partial charge in [-0.05, 0) is 37.6 Å². The first-order chi connectivity index (χ1) is 10.2. The summed E-state index contributed by atoms with van der Waals surface area (Å²) < 4.78 is 25.7. The average molecular weight is 328 g/mol. The SMILES string of the molecule is CCCS(=O)(=O)Nc1ccc(C(=O)N(C)C(C)C(=O)O)cc1. The molecule has 2 N–H and O–H groups in total. The molecule has 0 heterocycles. The number of nitrogens with one attached hydrogen (secondary N) is 1. The van der Waals surface area contributed by atoms with Crippen LogP contribution in [0.1, 0.15) is 30.6 Å². The fraction of sp³-hybridized carbons (Fsp3) is 0.429. The molecule has 0 saturated carbocycles. The highest BCUT2D eigenvalue weighted by atomic mass is 32.2. The highest BCUT2D eigenvalue weighted by Crippen LogP contribution is 2.14. The highest BCUT2D eigenvalue weighted by Gasteiger charge is 2.22. The van der Waals surface area contributed by atoms with E-state index in [0.717, 1.165) is 4.90 Å². The molecule has 0 aromatic heterocycles. The van der Waals surface area contributed by atoms with Crippen molar-refractivity contribution in [2.45, 2.75) is 26.3 Å². The number of hydrogen-bond acceptors (Lipinski definition) is 4. The van der Waals surface area contributed by atoms with Gasteiger partial charge < -0.3 is 10.0 Å². The minimum atomic E-state index is -3.38. The van der Waals surface area contributed by atoms with Gasteiger partial charge in [0.25, 0.3) is 5.91 Å². The first kappa shape index (κ1) is 18.0. The van der Waals surface area contributed by atoms with Gasteiger partial charge in [0.1, 0.15) is 6.04 Å². The van der Waals surface area contributed by atoms with Crippen molar-refractivity contribution in [3.05, 3.63) is 29.8 Å². The monoisotopic (exact) mass is 328 g/mol. The van der Waals surface area contributed by atoms with Crippen molar-refractivity contribution in [3.63, 3.8) is 0 Å². The Morgan fingerprint density at radius 1 is 1.27 bits per heavy atom. The lowest BCUT2D eigenvalue weighted by molar-refractivity contribution is -0.141. The van der Waals surface area contributed by atoms with E-state index < -0.39 is 27.9 Å². The second-order valence-electron chi connectivity index (χ2n) is 4.93. The van der Waals surface area contributed by atoms with E-state index in [0.29, 0.717) is 12.1 Å². The maximum atomic E-state index is 12.1. The lowest BCUT2D eigenvalue weighted by atomic mass is 10.1. The van der Waals surface area contributed by atoms with Crippen LogP contribution in [-0.4, -0.2) is 49.1 Å². The molecule has 0 aliphatic heterocycles. The molecule has 7 nitrogen and oxygen atoms in total. The van der Waals surface area contributed by atoms with Gasteiger partial charge in [-0.15, -0.1) is 0 Å². The van der Waals surface area contributed by atoms with Crippen LogP contribution in [0, 0.1) is 0 Å². The number of carbonyl (C=O) groups is 2. The number of rotatable bonds is 7. The van der Waals surface area contributed by atoms with E-state index in [1.807, 2.05) is 0 Å². The first-order valence-electron chi connectivity index (χ1n) is 6.78. The zero-order valence-electron chi connectivity index (χ0n) is 12.7. The highest BCUT2D eigenvalue weighted by molar-refractivity contribution is 7.92. The fourth-order valence-electron chi connectivity index (χ4n) is 1.73. The Bertz CT molecular complexity index is 640. The number of sulfonamides is 1. The summed E-state index contributed by atoms with van der Waals surface area (Å²) in [6.45, 7) is 3.17. The standard InChI is InChI=1S/C14H20N2O5S/c1-4-9-22(20,21)15-12-7-5-11(6-8-12)13(17)16(3)10(2)14(18)19/h5-8,10,15H,4,9H2,1-3H3,(H,18,19). The minimum absolute atomic E-state index is 0.0204. The number of benzene rings is 1. The Kier molecular flexibility index (Phi) is 5.92. The molecule has 0 aliphatic carbocycles. The summed E-state index contributed by atoms with van der Waals surface area (Å²) in [7, 11) is -1.98. The predicted octanol–water partition coefficient (Wildman–Crippen LogP) is 1.38. The van der Waals surface area contributed by atoms with Gasteiger partial charge in [0, 0.05) is 18.3 Å². The number of hydrogen-bond donors (Lipinski definition) is 2. The van der Waals surface area contributed by atoms with E-state index >= 15 is 0 Å². The van der Waals surface area contributed by atoms with Crippen LogP contribution in [0.2, 0.25) is 0 Å². The van der Waals surface area contributed by atoms with Crippen LogP contribution < -0.4 is 4.72 Å². The Morgan fingerprint density at radius 3 is 2.27 bits per heavy atom. The molecule has 1 atom stereocenters. The van der Waals surface area contributed by atoms with E-state index in [-0.39, 0.29) is 11.3 Å². The molecule has 1 amide bonds. The van der Waals surface area contributed by atoms with Crippen LogP contribution in [-0.2, 0) is 14.8 Å². The average Bonchev–Trinajstić information content (AvgIpc) is 2.45. The van der Waals surface area contributed by atoms with Gasteiger partial charge in [0.15, 0.2) is 0 Å². The van der Waals surface area contributed by atoms with Gasteiger partial charge in [0.2, 0.25) is 10.0 Å². The Morgan fingerprint density at radius 2 is 1.82 bits per heavy atom. The van der Waals surface area contributed by atoms with Crippen LogP contribution in [0.4, 0.5) is 5.69 Å². The van der Waals surface area contributed by atoms with Gasteiger partial charge in [-0.25, -0.2) is 13.2 Å². The van der Waals surface area contributed by atoms with Gasteiger partial charge in [-0.3, -0.25) is 9.52 Å². The topological polar surface area (TPSA) is 104 Å². The Labute approximate surface area is 130 Å². The van der Waals surface area contributed by atoms with Gasteiger partial charge in [0.05, 0.1) is 5.75 Å². The molecular weight excluding hydrogens is 308 g/mol.